The lowest BCUT2D eigenvalue weighted by Gasteiger charge is -2.15. The predicted octanol–water partition coefficient (Wildman–Crippen LogP) is 2.72. The van der Waals surface area contributed by atoms with Crippen LogP contribution in [0.15, 0.2) is 36.1 Å². The second kappa shape index (κ2) is 6.05. The van der Waals surface area contributed by atoms with Crippen LogP contribution in [0, 0.1) is 3.57 Å². The molecule has 0 aliphatic carbocycles. The molecular weight excluding hydrogens is 329 g/mol. The number of carbonyl (C=O) groups is 1. The summed E-state index contributed by atoms with van der Waals surface area (Å²) in [4.78, 5) is 11.9. The van der Waals surface area contributed by atoms with E-state index in [1.807, 2.05) is 30.3 Å². The van der Waals surface area contributed by atoms with E-state index in [4.69, 9.17) is 4.74 Å². The van der Waals surface area contributed by atoms with Gasteiger partial charge < -0.3 is 10.1 Å². The third-order valence-corrected chi connectivity index (χ3v) is 3.49. The summed E-state index contributed by atoms with van der Waals surface area (Å²) < 4.78 is 6.40. The van der Waals surface area contributed by atoms with Crippen molar-refractivity contribution in [3.63, 3.8) is 0 Å². The molecular formula is C13H14INO2. The zero-order valence-electron chi connectivity index (χ0n) is 9.41. The molecule has 0 radical (unpaired) electrons. The molecule has 1 aromatic rings. The van der Waals surface area contributed by atoms with Crippen molar-refractivity contribution in [1.82, 2.24) is 5.32 Å². The molecule has 0 aromatic heterocycles. The van der Waals surface area contributed by atoms with Crippen molar-refractivity contribution >= 4 is 28.5 Å². The van der Waals surface area contributed by atoms with Crippen LogP contribution in [0.5, 0.6) is 0 Å². The van der Waals surface area contributed by atoms with E-state index >= 15 is 0 Å². The highest BCUT2D eigenvalue weighted by atomic mass is 127. The number of amides is 1. The molecule has 1 heterocycles. The Morgan fingerprint density at radius 1 is 1.41 bits per heavy atom. The summed E-state index contributed by atoms with van der Waals surface area (Å²) in [6, 6.07) is 7.54. The van der Waals surface area contributed by atoms with Gasteiger partial charge in [0.05, 0.1) is 18.7 Å². The number of allylic oxidation sites excluding steroid dienone is 1. The molecule has 1 N–H and O–H groups in total. The Hall–Kier alpha value is -1.04. The Balaban J connectivity index is 1.93. The van der Waals surface area contributed by atoms with Crippen LogP contribution in [0.4, 0.5) is 0 Å². The maximum atomic E-state index is 11.9. The molecule has 0 unspecified atom stereocenters. The van der Waals surface area contributed by atoms with Crippen LogP contribution in [0.3, 0.4) is 0 Å². The lowest BCUT2D eigenvalue weighted by Crippen LogP contribution is -2.27. The zero-order valence-corrected chi connectivity index (χ0v) is 11.6. The third-order valence-electron chi connectivity index (χ3n) is 2.55. The SMILES string of the molecule is O=C(NCC1=CCCCO1)c1ccccc1I. The monoisotopic (exact) mass is 343 g/mol. The molecule has 0 spiro atoms. The van der Waals surface area contributed by atoms with Gasteiger partial charge in [-0.3, -0.25) is 4.79 Å². The average Bonchev–Trinajstić information content (AvgIpc) is 2.38. The molecule has 0 saturated carbocycles. The van der Waals surface area contributed by atoms with Gasteiger partial charge >= 0.3 is 0 Å². The van der Waals surface area contributed by atoms with Gasteiger partial charge in [0.25, 0.3) is 5.91 Å². The van der Waals surface area contributed by atoms with Gasteiger partial charge in [0, 0.05) is 3.57 Å². The summed E-state index contributed by atoms with van der Waals surface area (Å²) in [6.07, 6.45) is 4.14. The summed E-state index contributed by atoms with van der Waals surface area (Å²) in [5.41, 5.74) is 0.713. The highest BCUT2D eigenvalue weighted by Crippen LogP contribution is 2.12. The summed E-state index contributed by atoms with van der Waals surface area (Å²) in [5, 5.41) is 2.87. The number of hydrogen-bond donors (Lipinski definition) is 1. The fourth-order valence-electron chi connectivity index (χ4n) is 1.64. The van der Waals surface area contributed by atoms with E-state index in [1.165, 1.54) is 0 Å². The van der Waals surface area contributed by atoms with Gasteiger partial charge in [0.1, 0.15) is 5.76 Å². The number of ether oxygens (including phenoxy) is 1. The van der Waals surface area contributed by atoms with Crippen LogP contribution in [-0.2, 0) is 4.74 Å². The van der Waals surface area contributed by atoms with Crippen molar-refractivity contribution in [2.75, 3.05) is 13.2 Å². The van der Waals surface area contributed by atoms with Gasteiger partial charge in [-0.25, -0.2) is 0 Å². The number of benzene rings is 1. The fraction of sp³-hybridized carbons (Fsp3) is 0.308. The van der Waals surface area contributed by atoms with E-state index < -0.39 is 0 Å². The minimum atomic E-state index is -0.0509. The minimum Gasteiger partial charge on any atom is -0.496 e. The Morgan fingerprint density at radius 2 is 2.24 bits per heavy atom. The lowest BCUT2D eigenvalue weighted by atomic mass is 10.2. The van der Waals surface area contributed by atoms with Crippen molar-refractivity contribution in [3.05, 3.63) is 45.2 Å². The van der Waals surface area contributed by atoms with Crippen LogP contribution < -0.4 is 5.32 Å². The molecule has 1 aliphatic heterocycles. The summed E-state index contributed by atoms with van der Waals surface area (Å²) in [5.74, 6) is 0.820. The molecule has 0 bridgehead atoms. The molecule has 1 amide bonds. The number of carbonyl (C=O) groups excluding carboxylic acids is 1. The first-order chi connectivity index (χ1) is 8.27. The van der Waals surface area contributed by atoms with Crippen LogP contribution in [0.25, 0.3) is 0 Å². The van der Waals surface area contributed by atoms with E-state index in [0.29, 0.717) is 12.1 Å². The number of rotatable bonds is 3. The minimum absolute atomic E-state index is 0.0509. The second-order valence-corrected chi connectivity index (χ2v) is 4.99. The van der Waals surface area contributed by atoms with Gasteiger partial charge in [-0.2, -0.15) is 0 Å². The Kier molecular flexibility index (Phi) is 4.42. The normalized spacial score (nSPS) is 14.8. The third kappa shape index (κ3) is 3.46. The maximum absolute atomic E-state index is 11.9. The van der Waals surface area contributed by atoms with Crippen molar-refractivity contribution in [2.45, 2.75) is 12.8 Å². The van der Waals surface area contributed by atoms with Gasteiger partial charge in [-0.15, -0.1) is 0 Å². The van der Waals surface area contributed by atoms with E-state index in [2.05, 4.69) is 27.9 Å². The van der Waals surface area contributed by atoms with Crippen LogP contribution in [0.2, 0.25) is 0 Å². The predicted molar refractivity (Wildman–Crippen MR) is 74.8 cm³/mol. The van der Waals surface area contributed by atoms with Gasteiger partial charge in [-0.05, 0) is 53.6 Å². The molecule has 4 heteroatoms. The first-order valence-corrected chi connectivity index (χ1v) is 6.70. The molecule has 1 aliphatic rings. The first kappa shape index (κ1) is 12.4. The molecule has 0 atom stereocenters. The van der Waals surface area contributed by atoms with E-state index in [1.54, 1.807) is 0 Å². The Labute approximate surface area is 114 Å². The average molecular weight is 343 g/mol. The summed E-state index contributed by atoms with van der Waals surface area (Å²) >= 11 is 2.16. The van der Waals surface area contributed by atoms with E-state index in [9.17, 15) is 4.79 Å². The number of hydrogen-bond acceptors (Lipinski definition) is 2. The van der Waals surface area contributed by atoms with Crippen molar-refractivity contribution in [1.29, 1.82) is 0 Å². The molecule has 0 fully saturated rings. The van der Waals surface area contributed by atoms with E-state index in [-0.39, 0.29) is 5.91 Å². The topological polar surface area (TPSA) is 38.3 Å². The molecule has 0 saturated heterocycles. The maximum Gasteiger partial charge on any atom is 0.252 e. The smallest absolute Gasteiger partial charge is 0.252 e. The largest absolute Gasteiger partial charge is 0.496 e. The zero-order chi connectivity index (χ0) is 12.1. The molecule has 2 rings (SSSR count). The second-order valence-electron chi connectivity index (χ2n) is 3.82. The summed E-state index contributed by atoms with van der Waals surface area (Å²) in [7, 11) is 0. The highest BCUT2D eigenvalue weighted by molar-refractivity contribution is 14.1. The van der Waals surface area contributed by atoms with E-state index in [0.717, 1.165) is 28.8 Å². The van der Waals surface area contributed by atoms with Gasteiger partial charge in [-0.1, -0.05) is 12.1 Å². The van der Waals surface area contributed by atoms with Crippen LogP contribution in [-0.4, -0.2) is 19.1 Å². The number of halogens is 1. The molecule has 3 nitrogen and oxygen atoms in total. The van der Waals surface area contributed by atoms with Gasteiger partial charge in [0.15, 0.2) is 0 Å². The first-order valence-electron chi connectivity index (χ1n) is 5.62. The Bertz CT molecular complexity index is 443. The molecule has 17 heavy (non-hydrogen) atoms. The van der Waals surface area contributed by atoms with Crippen molar-refractivity contribution in [2.24, 2.45) is 0 Å². The lowest BCUT2D eigenvalue weighted by molar-refractivity contribution is 0.0943. The van der Waals surface area contributed by atoms with Gasteiger partial charge in [0.2, 0.25) is 0 Å². The van der Waals surface area contributed by atoms with Crippen LogP contribution in [0.1, 0.15) is 23.2 Å². The fourth-order valence-corrected chi connectivity index (χ4v) is 2.27. The molecule has 90 valence electrons. The van der Waals surface area contributed by atoms with Crippen LogP contribution >= 0.6 is 22.6 Å². The molecule has 1 aromatic carbocycles. The Morgan fingerprint density at radius 3 is 2.94 bits per heavy atom. The number of nitrogens with one attached hydrogen (secondary N) is 1. The quantitative estimate of drug-likeness (QED) is 0.857. The van der Waals surface area contributed by atoms with Crippen molar-refractivity contribution < 1.29 is 9.53 Å². The van der Waals surface area contributed by atoms with Crippen molar-refractivity contribution in [3.8, 4) is 0 Å². The standard InChI is InChI=1S/C13H14INO2/c14-12-7-2-1-6-11(12)13(16)15-9-10-5-3-4-8-17-10/h1-2,5-7H,3-4,8-9H2,(H,15,16). The summed E-state index contributed by atoms with van der Waals surface area (Å²) in [6.45, 7) is 1.23. The highest BCUT2D eigenvalue weighted by Gasteiger charge is 2.10.